The van der Waals surface area contributed by atoms with E-state index in [0.29, 0.717) is 17.1 Å². The van der Waals surface area contributed by atoms with E-state index in [1.165, 1.54) is 26.4 Å². The van der Waals surface area contributed by atoms with Crippen LogP contribution >= 0.6 is 11.6 Å². The van der Waals surface area contributed by atoms with E-state index in [4.69, 9.17) is 25.9 Å². The molecule has 2 heterocycles. The molecule has 144 valence electrons. The van der Waals surface area contributed by atoms with Gasteiger partial charge >= 0.3 is 0 Å². The van der Waals surface area contributed by atoms with Crippen molar-refractivity contribution in [3.8, 4) is 11.5 Å². The van der Waals surface area contributed by atoms with Crippen molar-refractivity contribution in [3.05, 3.63) is 52.8 Å². The lowest BCUT2D eigenvalue weighted by Crippen LogP contribution is -2.33. The number of hydrogen-bond acceptors (Lipinski definition) is 6. The summed E-state index contributed by atoms with van der Waals surface area (Å²) >= 11 is 5.80. The van der Waals surface area contributed by atoms with Crippen molar-refractivity contribution in [2.24, 2.45) is 11.1 Å². The van der Waals surface area contributed by atoms with E-state index in [9.17, 15) is 14.0 Å². The van der Waals surface area contributed by atoms with E-state index in [0.717, 1.165) is 11.0 Å². The molecule has 1 fully saturated rings. The summed E-state index contributed by atoms with van der Waals surface area (Å²) in [6.45, 7) is 0. The lowest BCUT2D eigenvalue weighted by Gasteiger charge is -2.17. The highest BCUT2D eigenvalue weighted by atomic mass is 35.5. The van der Waals surface area contributed by atoms with Crippen molar-refractivity contribution in [1.29, 1.82) is 0 Å². The Hall–Kier alpha value is -3.13. The van der Waals surface area contributed by atoms with E-state index in [2.05, 4.69) is 5.16 Å². The molecule has 2 amide bonds. The fourth-order valence-corrected chi connectivity index (χ4v) is 3.54. The Balaban J connectivity index is 1.74. The first-order valence-electron chi connectivity index (χ1n) is 8.26. The third kappa shape index (κ3) is 2.60. The van der Waals surface area contributed by atoms with Gasteiger partial charge in [0.1, 0.15) is 17.4 Å². The molecule has 0 unspecified atom stereocenters. The van der Waals surface area contributed by atoms with Crippen molar-refractivity contribution >= 4 is 34.8 Å². The number of nitrogens with zero attached hydrogens (tertiary/aromatic N) is 2. The second-order valence-corrected chi connectivity index (χ2v) is 6.54. The van der Waals surface area contributed by atoms with Gasteiger partial charge in [0.25, 0.3) is 5.91 Å². The minimum absolute atomic E-state index is 0.163. The summed E-state index contributed by atoms with van der Waals surface area (Å²) in [5, 5.41) is 3.77. The van der Waals surface area contributed by atoms with Crippen molar-refractivity contribution in [1.82, 2.24) is 0 Å². The van der Waals surface area contributed by atoms with E-state index in [-0.39, 0.29) is 16.4 Å². The number of carbonyl (C=O) groups is 2. The summed E-state index contributed by atoms with van der Waals surface area (Å²) in [5.74, 6) is -1.93. The maximum Gasteiger partial charge on any atom is 0.278 e. The van der Waals surface area contributed by atoms with Crippen LogP contribution in [0.3, 0.4) is 0 Å². The van der Waals surface area contributed by atoms with Gasteiger partial charge in [-0.1, -0.05) is 22.8 Å². The van der Waals surface area contributed by atoms with Crippen molar-refractivity contribution in [2.75, 3.05) is 19.1 Å². The Morgan fingerprint density at radius 1 is 1.14 bits per heavy atom. The molecule has 0 radical (unpaired) electrons. The zero-order valence-electron chi connectivity index (χ0n) is 14.8. The minimum atomic E-state index is -1.11. The molecule has 2 aliphatic rings. The summed E-state index contributed by atoms with van der Waals surface area (Å²) < 4.78 is 24.1. The number of benzene rings is 2. The number of rotatable bonds is 4. The normalized spacial score (nSPS) is 20.7. The number of ether oxygens (including phenoxy) is 2. The molecule has 0 aliphatic carbocycles. The Labute approximate surface area is 164 Å². The van der Waals surface area contributed by atoms with Gasteiger partial charge in [-0.3, -0.25) is 9.59 Å². The fraction of sp³-hybridized carbons (Fsp3) is 0.211. The number of oxime groups is 1. The zero-order valence-corrected chi connectivity index (χ0v) is 15.6. The summed E-state index contributed by atoms with van der Waals surface area (Å²) in [7, 11) is 2.95. The second kappa shape index (κ2) is 6.79. The molecule has 7 nitrogen and oxygen atoms in total. The van der Waals surface area contributed by atoms with E-state index in [1.807, 2.05) is 0 Å². The molecule has 0 N–H and O–H groups in total. The van der Waals surface area contributed by atoms with Gasteiger partial charge in [-0.15, -0.1) is 0 Å². The van der Waals surface area contributed by atoms with Gasteiger partial charge in [0.2, 0.25) is 12.0 Å². The Kier molecular flexibility index (Phi) is 4.43. The molecule has 2 atom stereocenters. The molecule has 4 rings (SSSR count). The highest BCUT2D eigenvalue weighted by Crippen LogP contribution is 2.40. The number of amides is 2. The Morgan fingerprint density at radius 2 is 1.93 bits per heavy atom. The molecule has 2 aromatic carbocycles. The van der Waals surface area contributed by atoms with Gasteiger partial charge in [-0.2, -0.15) is 0 Å². The molecule has 2 aliphatic heterocycles. The van der Waals surface area contributed by atoms with Crippen LogP contribution in [0.1, 0.15) is 5.56 Å². The smallest absolute Gasteiger partial charge is 0.278 e. The number of fused-ring (bicyclic) bond motifs is 1. The average Bonchev–Trinajstić information content (AvgIpc) is 3.23. The van der Waals surface area contributed by atoms with E-state index < -0.39 is 29.7 Å². The number of methoxy groups -OCH3 is 2. The van der Waals surface area contributed by atoms with E-state index in [1.54, 1.807) is 18.2 Å². The lowest BCUT2D eigenvalue weighted by atomic mass is 9.93. The van der Waals surface area contributed by atoms with Gasteiger partial charge in [0, 0.05) is 5.56 Å². The predicted octanol–water partition coefficient (Wildman–Crippen LogP) is 2.79. The summed E-state index contributed by atoms with van der Waals surface area (Å²) in [4.78, 5) is 32.0. The number of imide groups is 1. The standard InChI is InChI=1S/C19H14ClFN2O5/c1-26-13-5-3-4-10(16(13)27-2)15-14-17(28-22-15)19(25)23(18(14)24)9-6-7-12(21)11(20)8-9/h3-8,14,17H,1-2H3/t14-,17+/m0/s1. The first-order chi connectivity index (χ1) is 13.5. The molecule has 28 heavy (non-hydrogen) atoms. The Bertz CT molecular complexity index is 1030. The van der Waals surface area contributed by atoms with Gasteiger partial charge in [0.05, 0.1) is 24.9 Å². The third-order valence-electron chi connectivity index (χ3n) is 4.65. The monoisotopic (exact) mass is 404 g/mol. The maximum atomic E-state index is 13.5. The first-order valence-corrected chi connectivity index (χ1v) is 8.63. The van der Waals surface area contributed by atoms with Crippen molar-refractivity contribution < 1.29 is 28.3 Å². The average molecular weight is 405 g/mol. The minimum Gasteiger partial charge on any atom is -0.493 e. The van der Waals surface area contributed by atoms with Crippen LogP contribution in [-0.2, 0) is 14.4 Å². The molecule has 2 aromatic rings. The van der Waals surface area contributed by atoms with Crippen LogP contribution in [0.5, 0.6) is 11.5 Å². The number of anilines is 1. The second-order valence-electron chi connectivity index (χ2n) is 6.13. The summed E-state index contributed by atoms with van der Waals surface area (Å²) in [5.41, 5.74) is 0.903. The molecule has 0 spiro atoms. The van der Waals surface area contributed by atoms with Crippen molar-refractivity contribution in [3.63, 3.8) is 0 Å². The summed E-state index contributed by atoms with van der Waals surface area (Å²) in [6, 6.07) is 8.72. The van der Waals surface area contributed by atoms with Gasteiger partial charge in [-0.25, -0.2) is 9.29 Å². The Morgan fingerprint density at radius 3 is 2.61 bits per heavy atom. The molecule has 0 saturated carbocycles. The van der Waals surface area contributed by atoms with Crippen LogP contribution in [0, 0.1) is 11.7 Å². The number of para-hydroxylation sites is 1. The van der Waals surface area contributed by atoms with Crippen LogP contribution in [-0.4, -0.2) is 37.8 Å². The predicted molar refractivity (Wildman–Crippen MR) is 98.3 cm³/mol. The van der Waals surface area contributed by atoms with Crippen LogP contribution in [0.25, 0.3) is 0 Å². The zero-order chi connectivity index (χ0) is 20.0. The molecule has 1 saturated heterocycles. The van der Waals surface area contributed by atoms with Crippen LogP contribution in [0.15, 0.2) is 41.6 Å². The molecule has 0 aromatic heterocycles. The van der Waals surface area contributed by atoms with Gasteiger partial charge in [-0.05, 0) is 30.3 Å². The van der Waals surface area contributed by atoms with E-state index >= 15 is 0 Å². The number of halogens is 2. The molecule has 9 heteroatoms. The quantitative estimate of drug-likeness (QED) is 0.732. The van der Waals surface area contributed by atoms with Crippen molar-refractivity contribution in [2.45, 2.75) is 6.10 Å². The largest absolute Gasteiger partial charge is 0.493 e. The highest BCUT2D eigenvalue weighted by Gasteiger charge is 2.56. The topological polar surface area (TPSA) is 77.4 Å². The highest BCUT2D eigenvalue weighted by molar-refractivity contribution is 6.34. The van der Waals surface area contributed by atoms with Crippen LogP contribution in [0.2, 0.25) is 5.02 Å². The number of hydrogen-bond donors (Lipinski definition) is 0. The first kappa shape index (κ1) is 18.2. The maximum absolute atomic E-state index is 13.5. The molecule has 0 bridgehead atoms. The fourth-order valence-electron chi connectivity index (χ4n) is 3.37. The van der Waals surface area contributed by atoms with Crippen LogP contribution < -0.4 is 14.4 Å². The summed E-state index contributed by atoms with van der Waals surface area (Å²) in [6.07, 6.45) is -1.11. The van der Waals surface area contributed by atoms with Crippen LogP contribution in [0.4, 0.5) is 10.1 Å². The third-order valence-corrected chi connectivity index (χ3v) is 4.94. The van der Waals surface area contributed by atoms with Gasteiger partial charge < -0.3 is 14.3 Å². The number of carbonyl (C=O) groups excluding carboxylic acids is 2. The molecular weight excluding hydrogens is 391 g/mol. The van der Waals surface area contributed by atoms with Gasteiger partial charge in [0.15, 0.2) is 11.5 Å². The lowest BCUT2D eigenvalue weighted by molar-refractivity contribution is -0.126. The SMILES string of the molecule is COc1cccc(C2=NO[C@H]3C(=O)N(c4ccc(F)c(Cl)c4)C(=O)[C@@H]23)c1OC. The molecular formula is C19H14ClFN2O5.